The number of fused-ring (bicyclic) bond motifs is 1. The normalized spacial score (nSPS) is 17.5. The van der Waals surface area contributed by atoms with E-state index in [-0.39, 0.29) is 30.3 Å². The molecule has 0 saturated heterocycles. The Morgan fingerprint density at radius 2 is 1.49 bits per heavy atom. The van der Waals surface area contributed by atoms with Crippen LogP contribution in [0.1, 0.15) is 54.1 Å². The second-order valence-corrected chi connectivity index (χ2v) is 9.92. The Balaban J connectivity index is 1.84. The number of ether oxygens (including phenoxy) is 3. The van der Waals surface area contributed by atoms with Gasteiger partial charge >= 0.3 is 30.7 Å². The zero-order valence-electron chi connectivity index (χ0n) is 22.9. The Bertz CT molecular complexity index is 1280. The summed E-state index contributed by atoms with van der Waals surface area (Å²) in [6.45, 7) is 2.40. The van der Waals surface area contributed by atoms with Crippen LogP contribution in [0.2, 0.25) is 0 Å². The molecule has 2 amide bonds. The molecule has 3 rings (SSSR count). The SMILES string of the molecule is COC[C@@H]1C[C@H](NC(=O)OCCc2cc(C(F)(F)F)cc(C(F)(F)F)c2)c2cc(C(F)(F)F)ccc2N1C(=O)OC(C)C. The lowest BCUT2D eigenvalue weighted by molar-refractivity contribution is -0.143. The standard InChI is InChI=1S/C27H27F9N2O5/c1-14(2)43-24(40)38-19(13-41-3)12-21(20-11-16(25(28,29)30)4-5-22(20)38)37-23(39)42-7-6-15-8-17(26(31,32)33)10-18(9-15)27(34,35)36/h4-5,8-11,14,19,21H,6-7,12-13H2,1-3H3,(H,37,39)/t19-,21-/m0/s1. The van der Waals surface area contributed by atoms with E-state index in [0.717, 1.165) is 23.1 Å². The van der Waals surface area contributed by atoms with Gasteiger partial charge in [-0.05, 0) is 67.8 Å². The van der Waals surface area contributed by atoms with E-state index in [0.29, 0.717) is 12.1 Å². The zero-order chi connectivity index (χ0) is 32.3. The fourth-order valence-electron chi connectivity index (χ4n) is 4.52. The van der Waals surface area contributed by atoms with Crippen LogP contribution in [0.3, 0.4) is 0 Å². The highest BCUT2D eigenvalue weighted by Gasteiger charge is 2.41. The third kappa shape index (κ3) is 8.67. The number of anilines is 1. The molecule has 2 atom stereocenters. The van der Waals surface area contributed by atoms with E-state index in [1.54, 1.807) is 13.8 Å². The van der Waals surface area contributed by atoms with E-state index < -0.39 is 84.2 Å². The third-order valence-corrected chi connectivity index (χ3v) is 6.32. The number of benzene rings is 2. The van der Waals surface area contributed by atoms with Crippen molar-refractivity contribution >= 4 is 17.9 Å². The summed E-state index contributed by atoms with van der Waals surface area (Å²) in [5, 5.41) is 2.38. The number of hydrogen-bond acceptors (Lipinski definition) is 5. The number of alkyl carbamates (subject to hydrolysis) is 1. The van der Waals surface area contributed by atoms with E-state index in [1.165, 1.54) is 7.11 Å². The molecule has 0 aromatic heterocycles. The summed E-state index contributed by atoms with van der Waals surface area (Å²) >= 11 is 0. The molecule has 2 aromatic carbocycles. The van der Waals surface area contributed by atoms with Crippen LogP contribution < -0.4 is 10.2 Å². The number of halogens is 9. The lowest BCUT2D eigenvalue weighted by atomic mass is 9.90. The second kappa shape index (κ2) is 12.9. The minimum atomic E-state index is -5.06. The molecule has 0 bridgehead atoms. The van der Waals surface area contributed by atoms with Gasteiger partial charge in [-0.25, -0.2) is 9.59 Å². The summed E-state index contributed by atoms with van der Waals surface area (Å²) in [4.78, 5) is 26.6. The number of alkyl halides is 9. The number of rotatable bonds is 7. The van der Waals surface area contributed by atoms with Gasteiger partial charge in [0.1, 0.15) is 0 Å². The second-order valence-electron chi connectivity index (χ2n) is 9.92. The number of methoxy groups -OCH3 is 1. The van der Waals surface area contributed by atoms with Crippen molar-refractivity contribution in [3.8, 4) is 0 Å². The van der Waals surface area contributed by atoms with Crippen molar-refractivity contribution in [3.05, 3.63) is 64.2 Å². The summed E-state index contributed by atoms with van der Waals surface area (Å²) in [6, 6.07) is 1.54. The Morgan fingerprint density at radius 3 is 2.00 bits per heavy atom. The van der Waals surface area contributed by atoms with Gasteiger partial charge in [-0.2, -0.15) is 39.5 Å². The molecule has 0 spiro atoms. The topological polar surface area (TPSA) is 77.1 Å². The van der Waals surface area contributed by atoms with Gasteiger partial charge in [-0.15, -0.1) is 0 Å². The van der Waals surface area contributed by atoms with E-state index in [4.69, 9.17) is 14.2 Å². The van der Waals surface area contributed by atoms with E-state index in [1.807, 2.05) is 0 Å². The molecule has 1 N–H and O–H groups in total. The monoisotopic (exact) mass is 630 g/mol. The highest BCUT2D eigenvalue weighted by molar-refractivity contribution is 5.90. The van der Waals surface area contributed by atoms with Crippen LogP contribution >= 0.6 is 0 Å². The maximum Gasteiger partial charge on any atom is 0.416 e. The minimum Gasteiger partial charge on any atom is -0.449 e. The zero-order valence-corrected chi connectivity index (χ0v) is 22.9. The van der Waals surface area contributed by atoms with Gasteiger partial charge in [0.25, 0.3) is 0 Å². The molecule has 16 heteroatoms. The maximum atomic E-state index is 13.5. The molecular weight excluding hydrogens is 603 g/mol. The average molecular weight is 631 g/mol. The van der Waals surface area contributed by atoms with E-state index in [9.17, 15) is 49.1 Å². The van der Waals surface area contributed by atoms with Gasteiger partial charge in [0, 0.05) is 13.5 Å². The highest BCUT2D eigenvalue weighted by atomic mass is 19.4. The fraction of sp³-hybridized carbons (Fsp3) is 0.481. The Hall–Kier alpha value is -3.69. The maximum absolute atomic E-state index is 13.5. The fourth-order valence-corrected chi connectivity index (χ4v) is 4.52. The van der Waals surface area contributed by atoms with Crippen LogP contribution in [0.4, 0.5) is 54.8 Å². The van der Waals surface area contributed by atoms with Gasteiger partial charge in [-0.3, -0.25) is 4.90 Å². The van der Waals surface area contributed by atoms with Gasteiger partial charge < -0.3 is 19.5 Å². The van der Waals surface area contributed by atoms with Crippen LogP contribution in [0.15, 0.2) is 36.4 Å². The van der Waals surface area contributed by atoms with Crippen LogP contribution in [0.25, 0.3) is 0 Å². The number of nitrogens with zero attached hydrogens (tertiary/aromatic N) is 1. The van der Waals surface area contributed by atoms with Crippen molar-refractivity contribution in [2.24, 2.45) is 0 Å². The Morgan fingerprint density at radius 1 is 0.907 bits per heavy atom. The molecule has 238 valence electrons. The number of nitrogens with one attached hydrogen (secondary N) is 1. The van der Waals surface area contributed by atoms with Gasteiger partial charge in [0.05, 0.1) is 53.8 Å². The summed E-state index contributed by atoms with van der Waals surface area (Å²) in [5.41, 5.74) is -4.66. The van der Waals surface area contributed by atoms with Crippen molar-refractivity contribution in [2.75, 3.05) is 25.2 Å². The van der Waals surface area contributed by atoms with Crippen molar-refractivity contribution in [3.63, 3.8) is 0 Å². The number of amides is 2. The molecular formula is C27H27F9N2O5. The molecule has 1 aliphatic heterocycles. The van der Waals surface area contributed by atoms with Crippen molar-refractivity contribution < 1.29 is 63.3 Å². The van der Waals surface area contributed by atoms with Gasteiger partial charge in [-0.1, -0.05) is 0 Å². The van der Waals surface area contributed by atoms with Crippen LogP contribution in [-0.2, 0) is 39.2 Å². The van der Waals surface area contributed by atoms with Crippen molar-refractivity contribution in [2.45, 2.75) is 63.4 Å². The first-order chi connectivity index (χ1) is 19.8. The van der Waals surface area contributed by atoms with Crippen molar-refractivity contribution in [1.82, 2.24) is 5.32 Å². The lowest BCUT2D eigenvalue weighted by Gasteiger charge is -2.40. The minimum absolute atomic E-state index is 0.000829. The van der Waals surface area contributed by atoms with E-state index in [2.05, 4.69) is 5.32 Å². The quantitative estimate of drug-likeness (QED) is 0.321. The highest BCUT2D eigenvalue weighted by Crippen LogP contribution is 2.42. The first-order valence-electron chi connectivity index (χ1n) is 12.7. The first-order valence-corrected chi connectivity index (χ1v) is 12.7. The average Bonchev–Trinajstić information content (AvgIpc) is 2.86. The van der Waals surface area contributed by atoms with Crippen LogP contribution in [0.5, 0.6) is 0 Å². The Labute approximate surface area is 239 Å². The largest absolute Gasteiger partial charge is 0.449 e. The smallest absolute Gasteiger partial charge is 0.416 e. The molecule has 0 aliphatic carbocycles. The summed E-state index contributed by atoms with van der Waals surface area (Å²) in [7, 11) is 1.32. The molecule has 1 aliphatic rings. The molecule has 0 unspecified atom stereocenters. The molecule has 0 fully saturated rings. The summed E-state index contributed by atoms with van der Waals surface area (Å²) < 4.78 is 135. The van der Waals surface area contributed by atoms with E-state index >= 15 is 0 Å². The summed E-state index contributed by atoms with van der Waals surface area (Å²) in [5.74, 6) is 0. The van der Waals surface area contributed by atoms with Crippen molar-refractivity contribution in [1.29, 1.82) is 0 Å². The molecule has 1 heterocycles. The molecule has 43 heavy (non-hydrogen) atoms. The Kier molecular flexibility index (Phi) is 10.1. The molecule has 0 saturated carbocycles. The molecule has 0 radical (unpaired) electrons. The lowest BCUT2D eigenvalue weighted by Crippen LogP contribution is -2.50. The number of carbonyl (C=O) groups excluding carboxylic acids is 2. The third-order valence-electron chi connectivity index (χ3n) is 6.32. The van der Waals surface area contributed by atoms with Crippen LogP contribution in [-0.4, -0.2) is 44.7 Å². The first kappa shape index (κ1) is 33.8. The van der Waals surface area contributed by atoms with Gasteiger partial charge in [0.15, 0.2) is 0 Å². The number of carbonyl (C=O) groups is 2. The van der Waals surface area contributed by atoms with Gasteiger partial charge in [0.2, 0.25) is 0 Å². The summed E-state index contributed by atoms with van der Waals surface area (Å²) in [6.07, 6.45) is -18.2. The predicted octanol–water partition coefficient (Wildman–Crippen LogP) is 7.52. The molecule has 7 nitrogen and oxygen atoms in total. The molecule has 2 aromatic rings. The number of hydrogen-bond donors (Lipinski definition) is 1. The van der Waals surface area contributed by atoms with Crippen LogP contribution in [0, 0.1) is 0 Å². The predicted molar refractivity (Wildman–Crippen MR) is 133 cm³/mol.